The summed E-state index contributed by atoms with van der Waals surface area (Å²) in [5.41, 5.74) is 6.25. The number of carbonyl (C=O) groups excluding carboxylic acids is 1. The second kappa shape index (κ2) is 11.1. The zero-order chi connectivity index (χ0) is 23.8. The molecule has 6 nitrogen and oxygen atoms in total. The van der Waals surface area contributed by atoms with Gasteiger partial charge in [-0.1, -0.05) is 60.7 Å². The third kappa shape index (κ3) is 7.68. The van der Waals surface area contributed by atoms with Crippen molar-refractivity contribution in [1.29, 1.82) is 0 Å². The Hall–Kier alpha value is -2.86. The molecular weight excluding hydrogens is 404 g/mol. The number of rotatable bonds is 4. The molecule has 32 heavy (non-hydrogen) atoms. The standard InChI is InChI=1S/C18H25NO4.C8H11N/c1-17(2,3)23-16(22)19-11-7-10-18(13-19,15(20)21)12-14-8-5-4-6-9-14;1-7(9)8-5-3-2-4-6-8/h4-6,8-9H,7,10-13H2,1-3H3,(H,20,21);2-7H,9H2,1H3/t18-;7-/m00/s1. The largest absolute Gasteiger partial charge is 0.481 e. The lowest BCUT2D eigenvalue weighted by Crippen LogP contribution is -2.52. The van der Waals surface area contributed by atoms with E-state index in [-0.39, 0.29) is 12.6 Å². The highest BCUT2D eigenvalue weighted by Gasteiger charge is 2.44. The Morgan fingerprint density at radius 3 is 2.12 bits per heavy atom. The number of ether oxygens (including phenoxy) is 1. The molecule has 2 atom stereocenters. The third-order valence-electron chi connectivity index (χ3n) is 5.39. The first-order chi connectivity index (χ1) is 15.0. The molecule has 0 aliphatic carbocycles. The molecule has 0 unspecified atom stereocenters. The number of hydrogen-bond donors (Lipinski definition) is 2. The zero-order valence-electron chi connectivity index (χ0n) is 19.6. The number of amides is 1. The number of aliphatic carboxylic acids is 1. The van der Waals surface area contributed by atoms with Crippen LogP contribution >= 0.6 is 0 Å². The second-order valence-corrected chi connectivity index (χ2v) is 9.45. The lowest BCUT2D eigenvalue weighted by Gasteiger charge is -2.40. The Morgan fingerprint density at radius 2 is 1.66 bits per heavy atom. The number of carbonyl (C=O) groups is 2. The van der Waals surface area contributed by atoms with Crippen LogP contribution in [0.5, 0.6) is 0 Å². The van der Waals surface area contributed by atoms with Crippen LogP contribution in [0.2, 0.25) is 0 Å². The number of nitrogens with zero attached hydrogens (tertiary/aromatic N) is 1. The van der Waals surface area contributed by atoms with E-state index in [2.05, 4.69) is 0 Å². The van der Waals surface area contributed by atoms with Crippen molar-refractivity contribution in [3.8, 4) is 0 Å². The summed E-state index contributed by atoms with van der Waals surface area (Å²) in [5, 5.41) is 9.80. The van der Waals surface area contributed by atoms with Crippen molar-refractivity contribution in [2.45, 2.75) is 58.6 Å². The van der Waals surface area contributed by atoms with Crippen molar-refractivity contribution in [1.82, 2.24) is 4.90 Å². The normalized spacial score (nSPS) is 19.3. The van der Waals surface area contributed by atoms with Gasteiger partial charge in [-0.15, -0.1) is 0 Å². The van der Waals surface area contributed by atoms with Crippen LogP contribution in [0.3, 0.4) is 0 Å². The van der Waals surface area contributed by atoms with Crippen LogP contribution in [0.25, 0.3) is 0 Å². The van der Waals surface area contributed by atoms with Crippen molar-refractivity contribution in [2.75, 3.05) is 13.1 Å². The molecule has 1 heterocycles. The maximum atomic E-state index is 12.3. The number of carboxylic acids is 1. The molecule has 0 spiro atoms. The number of benzene rings is 2. The van der Waals surface area contributed by atoms with E-state index >= 15 is 0 Å². The summed E-state index contributed by atoms with van der Waals surface area (Å²) in [6, 6.07) is 19.8. The fourth-order valence-corrected chi connectivity index (χ4v) is 3.75. The average Bonchev–Trinajstić information content (AvgIpc) is 2.74. The molecule has 3 N–H and O–H groups in total. The van der Waals surface area contributed by atoms with Gasteiger partial charge in [0.2, 0.25) is 0 Å². The van der Waals surface area contributed by atoms with Crippen LogP contribution in [-0.2, 0) is 16.0 Å². The van der Waals surface area contributed by atoms with Gasteiger partial charge in [-0.05, 0) is 58.1 Å². The Morgan fingerprint density at radius 1 is 1.09 bits per heavy atom. The van der Waals surface area contributed by atoms with Crippen molar-refractivity contribution in [3.05, 3.63) is 71.8 Å². The van der Waals surface area contributed by atoms with E-state index in [4.69, 9.17) is 10.5 Å². The molecule has 2 aromatic rings. The number of piperidine rings is 1. The molecule has 0 saturated carbocycles. The highest BCUT2D eigenvalue weighted by Crippen LogP contribution is 2.34. The maximum Gasteiger partial charge on any atom is 0.410 e. The molecule has 3 rings (SSSR count). The van der Waals surface area contributed by atoms with Gasteiger partial charge in [0.1, 0.15) is 5.60 Å². The van der Waals surface area contributed by atoms with Crippen molar-refractivity contribution in [2.24, 2.45) is 11.1 Å². The van der Waals surface area contributed by atoms with Gasteiger partial charge in [-0.3, -0.25) is 4.79 Å². The van der Waals surface area contributed by atoms with Crippen LogP contribution < -0.4 is 5.73 Å². The zero-order valence-corrected chi connectivity index (χ0v) is 19.6. The molecule has 1 fully saturated rings. The molecule has 0 bridgehead atoms. The number of hydrogen-bond acceptors (Lipinski definition) is 4. The first kappa shape index (κ1) is 25.4. The predicted molar refractivity (Wildman–Crippen MR) is 126 cm³/mol. The van der Waals surface area contributed by atoms with Gasteiger partial charge in [0.15, 0.2) is 0 Å². The van der Waals surface area contributed by atoms with Gasteiger partial charge in [-0.2, -0.15) is 0 Å². The Labute approximate surface area is 191 Å². The van der Waals surface area contributed by atoms with Crippen LogP contribution in [-0.4, -0.2) is 40.8 Å². The summed E-state index contributed by atoms with van der Waals surface area (Å²) in [6.45, 7) is 8.13. The van der Waals surface area contributed by atoms with Crippen LogP contribution in [0.1, 0.15) is 57.7 Å². The molecule has 0 radical (unpaired) electrons. The second-order valence-electron chi connectivity index (χ2n) is 9.45. The summed E-state index contributed by atoms with van der Waals surface area (Å²) in [6.07, 6.45) is 1.22. The molecule has 1 saturated heterocycles. The van der Waals surface area contributed by atoms with Crippen LogP contribution in [0.4, 0.5) is 4.79 Å². The highest BCUT2D eigenvalue weighted by atomic mass is 16.6. The summed E-state index contributed by atoms with van der Waals surface area (Å²) in [4.78, 5) is 25.8. The molecule has 0 aromatic heterocycles. The lowest BCUT2D eigenvalue weighted by atomic mass is 9.75. The smallest absolute Gasteiger partial charge is 0.410 e. The Balaban J connectivity index is 0.000000336. The van der Waals surface area contributed by atoms with E-state index in [0.717, 1.165) is 5.56 Å². The topological polar surface area (TPSA) is 92.9 Å². The van der Waals surface area contributed by atoms with Gasteiger partial charge < -0.3 is 20.5 Å². The molecule has 174 valence electrons. The first-order valence-electron chi connectivity index (χ1n) is 11.1. The van der Waals surface area contributed by atoms with E-state index in [1.165, 1.54) is 10.5 Å². The summed E-state index contributed by atoms with van der Waals surface area (Å²) < 4.78 is 5.39. The van der Waals surface area contributed by atoms with Gasteiger partial charge in [-0.25, -0.2) is 4.79 Å². The number of nitrogens with two attached hydrogens (primary N) is 1. The quantitative estimate of drug-likeness (QED) is 0.695. The van der Waals surface area contributed by atoms with Crippen LogP contribution in [0, 0.1) is 5.41 Å². The molecular formula is C26H36N2O4. The molecule has 1 amide bonds. The Kier molecular flexibility index (Phi) is 8.84. The van der Waals surface area contributed by atoms with Crippen molar-refractivity contribution < 1.29 is 19.4 Å². The molecule has 1 aliphatic heterocycles. The SMILES string of the molecule is CC(C)(C)OC(=O)N1CCC[C@@](Cc2ccccc2)(C(=O)O)C1.C[C@H](N)c1ccccc1. The predicted octanol–water partition coefficient (Wildman–Crippen LogP) is 5.04. The van der Waals surface area contributed by atoms with E-state index in [1.54, 1.807) is 0 Å². The fraction of sp³-hybridized carbons (Fsp3) is 0.462. The third-order valence-corrected chi connectivity index (χ3v) is 5.39. The van der Waals surface area contributed by atoms with E-state index in [1.807, 2.05) is 88.4 Å². The number of carboxylic acid groups (broad SMARTS) is 1. The van der Waals surface area contributed by atoms with Gasteiger partial charge in [0.25, 0.3) is 0 Å². The lowest BCUT2D eigenvalue weighted by molar-refractivity contribution is -0.152. The minimum atomic E-state index is -0.948. The molecule has 6 heteroatoms. The summed E-state index contributed by atoms with van der Waals surface area (Å²) in [5.74, 6) is -0.852. The number of likely N-dealkylation sites (tertiary alicyclic amines) is 1. The van der Waals surface area contributed by atoms with Gasteiger partial charge in [0, 0.05) is 19.1 Å². The van der Waals surface area contributed by atoms with Crippen molar-refractivity contribution in [3.63, 3.8) is 0 Å². The molecule has 1 aliphatic rings. The maximum absolute atomic E-state index is 12.3. The van der Waals surface area contributed by atoms with Crippen molar-refractivity contribution >= 4 is 12.1 Å². The van der Waals surface area contributed by atoms with Crippen LogP contribution in [0.15, 0.2) is 60.7 Å². The van der Waals surface area contributed by atoms with E-state index in [0.29, 0.717) is 25.8 Å². The highest BCUT2D eigenvalue weighted by molar-refractivity contribution is 5.77. The van der Waals surface area contributed by atoms with E-state index < -0.39 is 23.1 Å². The minimum Gasteiger partial charge on any atom is -0.481 e. The first-order valence-corrected chi connectivity index (χ1v) is 11.1. The Bertz CT molecular complexity index is 862. The van der Waals surface area contributed by atoms with Gasteiger partial charge >= 0.3 is 12.1 Å². The van der Waals surface area contributed by atoms with Gasteiger partial charge in [0.05, 0.1) is 5.41 Å². The monoisotopic (exact) mass is 440 g/mol. The summed E-state index contributed by atoms with van der Waals surface area (Å²) in [7, 11) is 0. The summed E-state index contributed by atoms with van der Waals surface area (Å²) >= 11 is 0. The average molecular weight is 441 g/mol. The fourth-order valence-electron chi connectivity index (χ4n) is 3.75. The minimum absolute atomic E-state index is 0.159. The van der Waals surface area contributed by atoms with E-state index in [9.17, 15) is 14.7 Å². The molecule has 2 aromatic carbocycles.